The van der Waals surface area contributed by atoms with E-state index in [2.05, 4.69) is 10.2 Å². The first-order valence-corrected chi connectivity index (χ1v) is 5.27. The van der Waals surface area contributed by atoms with Crippen molar-refractivity contribution in [1.82, 2.24) is 5.32 Å². The molecule has 1 amide bonds. The molecule has 0 bridgehead atoms. The molecule has 0 fully saturated rings. The summed E-state index contributed by atoms with van der Waals surface area (Å²) in [6, 6.07) is 6.94. The molecule has 17 heavy (non-hydrogen) atoms. The first kappa shape index (κ1) is 13.5. The Morgan fingerprint density at radius 1 is 1.47 bits per heavy atom. The molecule has 1 rings (SSSR count). The molecule has 0 spiro atoms. The molecule has 0 unspecified atom stereocenters. The van der Waals surface area contributed by atoms with Crippen LogP contribution in [0.4, 0.5) is 0 Å². The largest absolute Gasteiger partial charge is 0.497 e. The molecule has 0 aliphatic rings. The number of hydrogen-bond donors (Lipinski definition) is 2. The van der Waals surface area contributed by atoms with Gasteiger partial charge in [0.05, 0.1) is 19.3 Å². The third-order valence-electron chi connectivity index (χ3n) is 2.23. The van der Waals surface area contributed by atoms with Gasteiger partial charge in [0.15, 0.2) is 0 Å². The monoisotopic (exact) mass is 238 g/mol. The van der Waals surface area contributed by atoms with E-state index in [-0.39, 0.29) is 12.5 Å². The minimum absolute atomic E-state index is 0.189. The topological polar surface area (TPSA) is 73.6 Å². The molecule has 0 saturated heterocycles. The van der Waals surface area contributed by atoms with E-state index in [0.717, 1.165) is 0 Å². The van der Waals surface area contributed by atoms with Gasteiger partial charge in [-0.3, -0.25) is 4.79 Å². The highest BCUT2D eigenvalue weighted by molar-refractivity contribution is 5.95. The third kappa shape index (κ3) is 4.05. The van der Waals surface area contributed by atoms with E-state index in [1.807, 2.05) is 13.8 Å². The van der Waals surface area contributed by atoms with Gasteiger partial charge in [0.1, 0.15) is 5.75 Å². The summed E-state index contributed by atoms with van der Waals surface area (Å²) in [5.41, 5.74) is 0.0176. The smallest absolute Gasteiger partial charge is 0.251 e. The van der Waals surface area contributed by atoms with E-state index in [0.29, 0.717) is 11.3 Å². The Bertz CT molecular complexity index is 391. The lowest BCUT2D eigenvalue weighted by Gasteiger charge is -2.24. The predicted octanol–water partition coefficient (Wildman–Crippen LogP) is 1.09. The number of ether oxygens (including phenoxy) is 1. The van der Waals surface area contributed by atoms with Gasteiger partial charge in [0, 0.05) is 5.56 Å². The fourth-order valence-electron chi connectivity index (χ4n) is 1.39. The molecule has 5 heteroatoms. The van der Waals surface area contributed by atoms with Crippen LogP contribution in [0.2, 0.25) is 0 Å². The van der Waals surface area contributed by atoms with Crippen LogP contribution in [0.25, 0.3) is 0 Å². The number of methoxy groups -OCH3 is 1. The Morgan fingerprint density at radius 2 is 2.18 bits per heavy atom. The fraction of sp³-hybridized carbons (Fsp3) is 0.417. The molecule has 0 radical (unpaired) electrons. The highest BCUT2D eigenvalue weighted by Crippen LogP contribution is 2.13. The maximum atomic E-state index is 11.9. The highest BCUT2D eigenvalue weighted by atomic mass is 16.6. The molecule has 0 saturated carbocycles. The highest BCUT2D eigenvalue weighted by Gasteiger charge is 2.21. The van der Waals surface area contributed by atoms with Crippen molar-refractivity contribution in [3.05, 3.63) is 29.8 Å². The summed E-state index contributed by atoms with van der Waals surface area (Å²) < 4.78 is 5.06. The predicted molar refractivity (Wildman–Crippen MR) is 64.7 cm³/mol. The fourth-order valence-corrected chi connectivity index (χ4v) is 1.39. The van der Waals surface area contributed by atoms with Gasteiger partial charge < -0.3 is 14.9 Å². The maximum Gasteiger partial charge on any atom is 0.251 e. The molecule has 0 aromatic heterocycles. The molecule has 1 aromatic carbocycles. The number of hydrogen-bond acceptors (Lipinski definition) is 4. The molecule has 5 nitrogen and oxygen atoms in total. The second-order valence-corrected chi connectivity index (χ2v) is 4.38. The van der Waals surface area contributed by atoms with Crippen LogP contribution < -0.4 is 16.0 Å². The van der Waals surface area contributed by atoms with E-state index < -0.39 is 5.54 Å². The first-order chi connectivity index (χ1) is 7.98. The van der Waals surface area contributed by atoms with Gasteiger partial charge in [-0.15, -0.1) is 0 Å². The molecular weight excluding hydrogens is 220 g/mol. The number of nitrogens with one attached hydrogen (secondary N) is 1. The molecule has 0 atom stereocenters. The Balaban J connectivity index is 2.75. The SMILES string of the molecule is COc1cccc(C(=O)NC(C)(C)CON)c1. The van der Waals surface area contributed by atoms with Gasteiger partial charge in [-0.1, -0.05) is 6.07 Å². The van der Waals surface area contributed by atoms with Crippen LogP contribution in [0.5, 0.6) is 5.75 Å². The maximum absolute atomic E-state index is 11.9. The Morgan fingerprint density at radius 3 is 2.76 bits per heavy atom. The Kier molecular flexibility index (Phi) is 4.48. The second-order valence-electron chi connectivity index (χ2n) is 4.38. The number of benzene rings is 1. The van der Waals surface area contributed by atoms with Crippen LogP contribution >= 0.6 is 0 Å². The van der Waals surface area contributed by atoms with Crippen LogP contribution in [-0.4, -0.2) is 25.2 Å². The lowest BCUT2D eigenvalue weighted by atomic mass is 10.1. The quantitative estimate of drug-likeness (QED) is 0.753. The average Bonchev–Trinajstić information content (AvgIpc) is 2.28. The summed E-state index contributed by atoms with van der Waals surface area (Å²) in [5, 5.41) is 2.83. The summed E-state index contributed by atoms with van der Waals surface area (Å²) in [4.78, 5) is 16.5. The van der Waals surface area contributed by atoms with Gasteiger partial charge in [-0.2, -0.15) is 0 Å². The van der Waals surface area contributed by atoms with E-state index in [1.54, 1.807) is 31.4 Å². The van der Waals surface area contributed by atoms with Crippen molar-refractivity contribution in [2.75, 3.05) is 13.7 Å². The van der Waals surface area contributed by atoms with Crippen molar-refractivity contribution in [2.24, 2.45) is 5.90 Å². The van der Waals surface area contributed by atoms with E-state index >= 15 is 0 Å². The number of carbonyl (C=O) groups is 1. The molecule has 94 valence electrons. The average molecular weight is 238 g/mol. The van der Waals surface area contributed by atoms with Crippen LogP contribution in [0.1, 0.15) is 24.2 Å². The summed E-state index contributed by atoms with van der Waals surface area (Å²) in [6.07, 6.45) is 0. The Labute approximate surface area is 101 Å². The van der Waals surface area contributed by atoms with Gasteiger partial charge in [0.2, 0.25) is 0 Å². The number of carbonyl (C=O) groups excluding carboxylic acids is 1. The van der Waals surface area contributed by atoms with E-state index in [4.69, 9.17) is 10.6 Å². The molecule has 1 aromatic rings. The van der Waals surface area contributed by atoms with Gasteiger partial charge >= 0.3 is 0 Å². The Hall–Kier alpha value is -1.59. The van der Waals surface area contributed by atoms with Crippen LogP contribution in [0.3, 0.4) is 0 Å². The van der Waals surface area contributed by atoms with Crippen LogP contribution in [0, 0.1) is 0 Å². The van der Waals surface area contributed by atoms with E-state index in [9.17, 15) is 4.79 Å². The summed E-state index contributed by atoms with van der Waals surface area (Å²) in [5.74, 6) is 5.46. The van der Waals surface area contributed by atoms with Crippen LogP contribution in [0.15, 0.2) is 24.3 Å². The number of nitrogens with two attached hydrogens (primary N) is 1. The summed E-state index contributed by atoms with van der Waals surface area (Å²) in [7, 11) is 1.56. The van der Waals surface area contributed by atoms with Crippen molar-refractivity contribution in [1.29, 1.82) is 0 Å². The zero-order chi connectivity index (χ0) is 12.9. The second kappa shape index (κ2) is 5.65. The third-order valence-corrected chi connectivity index (χ3v) is 2.23. The zero-order valence-corrected chi connectivity index (χ0v) is 10.3. The lowest BCUT2D eigenvalue weighted by molar-refractivity contribution is 0.0687. The van der Waals surface area contributed by atoms with E-state index in [1.165, 1.54) is 0 Å². The van der Waals surface area contributed by atoms with Gasteiger partial charge in [0.25, 0.3) is 5.91 Å². The van der Waals surface area contributed by atoms with Crippen molar-refractivity contribution in [3.63, 3.8) is 0 Å². The number of amides is 1. The zero-order valence-electron chi connectivity index (χ0n) is 10.3. The summed E-state index contributed by atoms with van der Waals surface area (Å²) in [6.45, 7) is 3.90. The molecule has 0 heterocycles. The lowest BCUT2D eigenvalue weighted by Crippen LogP contribution is -2.47. The number of rotatable bonds is 5. The molecule has 0 aliphatic heterocycles. The molecular formula is C12H18N2O3. The minimum atomic E-state index is -0.519. The molecule has 0 aliphatic carbocycles. The summed E-state index contributed by atoms with van der Waals surface area (Å²) >= 11 is 0. The standard InChI is InChI=1S/C12H18N2O3/c1-12(2,8-17-13)14-11(15)9-5-4-6-10(7-9)16-3/h4-7H,8,13H2,1-3H3,(H,14,15). The molecule has 3 N–H and O–H groups in total. The first-order valence-electron chi connectivity index (χ1n) is 5.27. The van der Waals surface area contributed by atoms with Crippen molar-refractivity contribution in [3.8, 4) is 5.75 Å². The van der Waals surface area contributed by atoms with Gasteiger partial charge in [-0.25, -0.2) is 5.90 Å². The normalized spacial score (nSPS) is 11.1. The van der Waals surface area contributed by atoms with Crippen molar-refractivity contribution >= 4 is 5.91 Å². The van der Waals surface area contributed by atoms with Crippen LogP contribution in [-0.2, 0) is 4.84 Å². The van der Waals surface area contributed by atoms with Gasteiger partial charge in [-0.05, 0) is 32.0 Å². The minimum Gasteiger partial charge on any atom is -0.497 e. The van der Waals surface area contributed by atoms with Crippen molar-refractivity contribution in [2.45, 2.75) is 19.4 Å². The van der Waals surface area contributed by atoms with Crippen molar-refractivity contribution < 1.29 is 14.4 Å².